The van der Waals surface area contributed by atoms with Crippen LogP contribution in [0.3, 0.4) is 0 Å². The molecule has 1 amide bonds. The number of rotatable bonds is 7. The maximum Gasteiger partial charge on any atom is 0.341 e. The minimum atomic E-state index is -0.451. The van der Waals surface area contributed by atoms with E-state index in [1.165, 1.54) is 12.7 Å². The Morgan fingerprint density at radius 3 is 2.54 bits per heavy atom. The predicted octanol–water partition coefficient (Wildman–Crippen LogP) is 3.42. The average Bonchev–Trinajstić information content (AvgIpc) is 2.96. The Morgan fingerprint density at radius 2 is 1.88 bits per heavy atom. The molecule has 0 unspecified atom stereocenters. The van der Waals surface area contributed by atoms with Crippen molar-refractivity contribution in [3.05, 3.63) is 52.5 Å². The van der Waals surface area contributed by atoms with Gasteiger partial charge in [0.2, 0.25) is 5.91 Å². The largest absolute Gasteiger partial charge is 0.493 e. The SMILES string of the molecule is COC(=O)c1cc(CN(C)C(=O)CCOc2ccc(C)cc2C)oc1C. The molecule has 0 spiro atoms. The molecule has 140 valence electrons. The lowest BCUT2D eigenvalue weighted by atomic mass is 10.1. The van der Waals surface area contributed by atoms with Crippen LogP contribution in [0.5, 0.6) is 5.75 Å². The third-order valence-corrected chi connectivity index (χ3v) is 4.10. The molecule has 0 saturated carbocycles. The van der Waals surface area contributed by atoms with Gasteiger partial charge in [0.05, 0.1) is 26.7 Å². The number of benzene rings is 1. The topological polar surface area (TPSA) is 69.0 Å². The second kappa shape index (κ2) is 8.56. The van der Waals surface area contributed by atoms with Gasteiger partial charge in [0, 0.05) is 7.05 Å². The third kappa shape index (κ3) is 4.88. The molecule has 0 radical (unpaired) electrons. The van der Waals surface area contributed by atoms with Crippen molar-refractivity contribution >= 4 is 11.9 Å². The van der Waals surface area contributed by atoms with E-state index in [-0.39, 0.29) is 18.9 Å². The first-order chi connectivity index (χ1) is 12.3. The number of hydrogen-bond donors (Lipinski definition) is 0. The van der Waals surface area contributed by atoms with Crippen molar-refractivity contribution in [2.45, 2.75) is 33.7 Å². The number of amides is 1. The van der Waals surface area contributed by atoms with E-state index < -0.39 is 5.97 Å². The molecule has 26 heavy (non-hydrogen) atoms. The number of methoxy groups -OCH3 is 1. The second-order valence-corrected chi connectivity index (χ2v) is 6.29. The molecule has 2 rings (SSSR count). The van der Waals surface area contributed by atoms with Crippen LogP contribution in [0.2, 0.25) is 0 Å². The van der Waals surface area contributed by atoms with Crippen LogP contribution in [0.15, 0.2) is 28.7 Å². The van der Waals surface area contributed by atoms with Crippen molar-refractivity contribution in [1.29, 1.82) is 0 Å². The van der Waals surface area contributed by atoms with Gasteiger partial charge in [-0.2, -0.15) is 0 Å². The minimum absolute atomic E-state index is 0.0663. The molecule has 0 aliphatic heterocycles. The number of furan rings is 1. The van der Waals surface area contributed by atoms with Gasteiger partial charge in [0.1, 0.15) is 22.8 Å². The van der Waals surface area contributed by atoms with E-state index in [0.717, 1.165) is 11.3 Å². The summed E-state index contributed by atoms with van der Waals surface area (Å²) in [4.78, 5) is 25.4. The van der Waals surface area contributed by atoms with E-state index >= 15 is 0 Å². The zero-order chi connectivity index (χ0) is 19.3. The molecule has 6 nitrogen and oxygen atoms in total. The van der Waals surface area contributed by atoms with Crippen LogP contribution < -0.4 is 4.74 Å². The first-order valence-electron chi connectivity index (χ1n) is 8.43. The number of ether oxygens (including phenoxy) is 2. The molecule has 1 aromatic heterocycles. The van der Waals surface area contributed by atoms with E-state index in [1.807, 2.05) is 32.0 Å². The fourth-order valence-electron chi connectivity index (χ4n) is 2.66. The highest BCUT2D eigenvalue weighted by atomic mass is 16.5. The Balaban J connectivity index is 1.86. The zero-order valence-corrected chi connectivity index (χ0v) is 15.9. The van der Waals surface area contributed by atoms with E-state index in [9.17, 15) is 9.59 Å². The quantitative estimate of drug-likeness (QED) is 0.709. The molecule has 2 aromatic rings. The molecule has 0 fully saturated rings. The summed E-state index contributed by atoms with van der Waals surface area (Å²) < 4.78 is 15.9. The van der Waals surface area contributed by atoms with Crippen molar-refractivity contribution in [3.8, 4) is 5.75 Å². The van der Waals surface area contributed by atoms with Crippen LogP contribution in [0, 0.1) is 20.8 Å². The summed E-state index contributed by atoms with van der Waals surface area (Å²) in [6, 6.07) is 7.55. The number of carbonyl (C=O) groups is 2. The highest BCUT2D eigenvalue weighted by Crippen LogP contribution is 2.19. The van der Waals surface area contributed by atoms with Gasteiger partial charge in [-0.25, -0.2) is 4.79 Å². The second-order valence-electron chi connectivity index (χ2n) is 6.29. The van der Waals surface area contributed by atoms with E-state index in [1.54, 1.807) is 24.9 Å². The Labute approximate surface area is 153 Å². The molecular formula is C20H25NO5. The average molecular weight is 359 g/mol. The third-order valence-electron chi connectivity index (χ3n) is 4.10. The van der Waals surface area contributed by atoms with E-state index in [2.05, 4.69) is 0 Å². The van der Waals surface area contributed by atoms with Gasteiger partial charge in [-0.15, -0.1) is 0 Å². The first-order valence-corrected chi connectivity index (χ1v) is 8.43. The molecule has 1 heterocycles. The number of hydrogen-bond acceptors (Lipinski definition) is 5. The lowest BCUT2D eigenvalue weighted by Crippen LogP contribution is -2.27. The van der Waals surface area contributed by atoms with Crippen molar-refractivity contribution in [2.75, 3.05) is 20.8 Å². The highest BCUT2D eigenvalue weighted by Gasteiger charge is 2.18. The Bertz CT molecular complexity index is 793. The van der Waals surface area contributed by atoms with Crippen LogP contribution in [0.1, 0.15) is 39.4 Å². The van der Waals surface area contributed by atoms with Crippen LogP contribution >= 0.6 is 0 Å². The van der Waals surface area contributed by atoms with Gasteiger partial charge in [-0.3, -0.25) is 4.79 Å². The monoisotopic (exact) mass is 359 g/mol. The summed E-state index contributed by atoms with van der Waals surface area (Å²) in [6.07, 6.45) is 0.257. The summed E-state index contributed by atoms with van der Waals surface area (Å²) in [5.74, 6) is 1.28. The maximum atomic E-state index is 12.3. The van der Waals surface area contributed by atoms with E-state index in [4.69, 9.17) is 13.9 Å². The normalized spacial score (nSPS) is 10.5. The summed E-state index contributed by atoms with van der Waals surface area (Å²) in [5.41, 5.74) is 2.60. The predicted molar refractivity (Wildman–Crippen MR) is 97.3 cm³/mol. The van der Waals surface area contributed by atoms with Gasteiger partial charge in [-0.05, 0) is 38.5 Å². The molecule has 0 N–H and O–H groups in total. The summed E-state index contributed by atoms with van der Waals surface area (Å²) in [7, 11) is 3.01. The number of aryl methyl sites for hydroxylation is 3. The van der Waals surface area contributed by atoms with Gasteiger partial charge < -0.3 is 18.8 Å². The Kier molecular flexibility index (Phi) is 6.44. The summed E-state index contributed by atoms with van der Waals surface area (Å²) in [6.45, 7) is 6.28. The van der Waals surface area contributed by atoms with Crippen LogP contribution in [0.4, 0.5) is 0 Å². The maximum absolute atomic E-state index is 12.3. The smallest absolute Gasteiger partial charge is 0.341 e. The minimum Gasteiger partial charge on any atom is -0.493 e. The zero-order valence-electron chi connectivity index (χ0n) is 15.9. The molecule has 1 aromatic carbocycles. The van der Waals surface area contributed by atoms with Gasteiger partial charge in [0.25, 0.3) is 0 Å². The molecule has 0 bridgehead atoms. The first kappa shape index (κ1) is 19.6. The number of carbonyl (C=O) groups excluding carboxylic acids is 2. The highest BCUT2D eigenvalue weighted by molar-refractivity contribution is 5.90. The molecule has 0 saturated heterocycles. The van der Waals surface area contributed by atoms with Crippen molar-refractivity contribution in [1.82, 2.24) is 4.90 Å². The van der Waals surface area contributed by atoms with Gasteiger partial charge in [0.15, 0.2) is 0 Å². The van der Waals surface area contributed by atoms with Crippen molar-refractivity contribution < 1.29 is 23.5 Å². The molecule has 0 atom stereocenters. The molecular weight excluding hydrogens is 334 g/mol. The lowest BCUT2D eigenvalue weighted by molar-refractivity contribution is -0.131. The number of esters is 1. The number of nitrogens with zero attached hydrogens (tertiary/aromatic N) is 1. The van der Waals surface area contributed by atoms with Crippen LogP contribution in [-0.4, -0.2) is 37.5 Å². The van der Waals surface area contributed by atoms with Gasteiger partial charge >= 0.3 is 5.97 Å². The van der Waals surface area contributed by atoms with Crippen molar-refractivity contribution in [3.63, 3.8) is 0 Å². The molecule has 6 heteroatoms. The molecule has 0 aliphatic carbocycles. The van der Waals surface area contributed by atoms with Gasteiger partial charge in [-0.1, -0.05) is 17.7 Å². The standard InChI is InChI=1S/C20H25NO5/c1-13-6-7-18(14(2)10-13)25-9-8-19(22)21(4)12-16-11-17(15(3)26-16)20(23)24-5/h6-7,10-11H,8-9,12H2,1-5H3. The summed E-state index contributed by atoms with van der Waals surface area (Å²) in [5, 5.41) is 0. The lowest BCUT2D eigenvalue weighted by Gasteiger charge is -2.16. The van der Waals surface area contributed by atoms with Crippen molar-refractivity contribution in [2.24, 2.45) is 0 Å². The summed E-state index contributed by atoms with van der Waals surface area (Å²) >= 11 is 0. The van der Waals surface area contributed by atoms with Crippen LogP contribution in [0.25, 0.3) is 0 Å². The van der Waals surface area contributed by atoms with Crippen LogP contribution in [-0.2, 0) is 16.1 Å². The Hall–Kier alpha value is -2.76. The fraction of sp³-hybridized carbons (Fsp3) is 0.400. The Morgan fingerprint density at radius 1 is 1.15 bits per heavy atom. The molecule has 0 aliphatic rings. The van der Waals surface area contributed by atoms with E-state index in [0.29, 0.717) is 23.7 Å². The fourth-order valence-corrected chi connectivity index (χ4v) is 2.66.